The molecule has 0 N–H and O–H groups in total. The number of benzene rings is 2. The monoisotopic (exact) mass is 391 g/mol. The molecule has 0 aromatic heterocycles. The maximum Gasteiger partial charge on any atom is 0.219 e. The van der Waals surface area contributed by atoms with E-state index < -0.39 is 0 Å². The molecule has 0 aliphatic carbocycles. The Hall–Kier alpha value is -1.55. The van der Waals surface area contributed by atoms with Gasteiger partial charge in [-0.3, -0.25) is 4.79 Å². The number of hydrogen-bond acceptors (Lipinski definition) is 2. The summed E-state index contributed by atoms with van der Waals surface area (Å²) in [5.41, 5.74) is 3.48. The zero-order chi connectivity index (χ0) is 18.7. The summed E-state index contributed by atoms with van der Waals surface area (Å²) in [6, 6.07) is 14.1. The van der Waals surface area contributed by atoms with Crippen LogP contribution in [0.4, 0.5) is 0 Å². The molecule has 1 amide bonds. The second-order valence-electron chi connectivity index (χ2n) is 6.87. The van der Waals surface area contributed by atoms with E-state index in [1.807, 2.05) is 17.0 Å². The van der Waals surface area contributed by atoms with Gasteiger partial charge in [-0.1, -0.05) is 59.1 Å². The Kier molecular flexibility index (Phi) is 6.23. The van der Waals surface area contributed by atoms with E-state index in [1.54, 1.807) is 13.0 Å². The summed E-state index contributed by atoms with van der Waals surface area (Å²) in [6.07, 6.45) is 0.846. The molecule has 0 bridgehead atoms. The largest absolute Gasteiger partial charge is 0.371 e. The molecule has 1 aliphatic rings. The first-order valence-corrected chi connectivity index (χ1v) is 9.57. The molecule has 1 saturated heterocycles. The van der Waals surface area contributed by atoms with E-state index in [2.05, 4.69) is 31.2 Å². The predicted octanol–water partition coefficient (Wildman–Crippen LogP) is 5.22. The van der Waals surface area contributed by atoms with E-state index in [9.17, 15) is 4.79 Å². The Labute approximate surface area is 164 Å². The number of aryl methyl sites for hydroxylation is 1. The van der Waals surface area contributed by atoms with Gasteiger partial charge in [0.1, 0.15) is 0 Å². The first-order valence-electron chi connectivity index (χ1n) is 8.81. The van der Waals surface area contributed by atoms with Gasteiger partial charge in [0.2, 0.25) is 5.91 Å². The second kappa shape index (κ2) is 8.43. The fraction of sp³-hybridized carbons (Fsp3) is 0.381. The Morgan fingerprint density at radius 1 is 1.15 bits per heavy atom. The SMILES string of the molecule is CC(=O)N1CCC(c2ccc(C)cc2)C(OCc2ccc(Cl)c(Cl)c2)C1. The van der Waals surface area contributed by atoms with Crippen molar-refractivity contribution in [3.8, 4) is 0 Å². The predicted molar refractivity (Wildman–Crippen MR) is 106 cm³/mol. The first kappa shape index (κ1) is 19.2. The zero-order valence-corrected chi connectivity index (χ0v) is 16.6. The van der Waals surface area contributed by atoms with Crippen molar-refractivity contribution >= 4 is 29.1 Å². The van der Waals surface area contributed by atoms with Crippen LogP contribution in [0.15, 0.2) is 42.5 Å². The number of likely N-dealkylation sites (tertiary alicyclic amines) is 1. The Morgan fingerprint density at radius 3 is 2.54 bits per heavy atom. The average molecular weight is 392 g/mol. The fourth-order valence-electron chi connectivity index (χ4n) is 3.40. The second-order valence-corrected chi connectivity index (χ2v) is 7.68. The van der Waals surface area contributed by atoms with Crippen LogP contribution in [0.5, 0.6) is 0 Å². The van der Waals surface area contributed by atoms with Crippen LogP contribution in [0.25, 0.3) is 0 Å². The van der Waals surface area contributed by atoms with E-state index >= 15 is 0 Å². The zero-order valence-electron chi connectivity index (χ0n) is 15.0. The van der Waals surface area contributed by atoms with Crippen molar-refractivity contribution in [2.45, 2.75) is 38.9 Å². The summed E-state index contributed by atoms with van der Waals surface area (Å²) in [7, 11) is 0. The van der Waals surface area contributed by atoms with Gasteiger partial charge in [-0.25, -0.2) is 0 Å². The van der Waals surface area contributed by atoms with Crippen LogP contribution >= 0.6 is 23.2 Å². The number of piperidine rings is 1. The summed E-state index contributed by atoms with van der Waals surface area (Å²) < 4.78 is 6.25. The van der Waals surface area contributed by atoms with Gasteiger partial charge < -0.3 is 9.64 Å². The number of carbonyl (C=O) groups excluding carboxylic acids is 1. The highest BCUT2D eigenvalue weighted by atomic mass is 35.5. The van der Waals surface area contributed by atoms with Crippen molar-refractivity contribution in [1.29, 1.82) is 0 Å². The molecule has 1 heterocycles. The molecule has 2 aromatic rings. The average Bonchev–Trinajstić information content (AvgIpc) is 2.63. The molecular weight excluding hydrogens is 369 g/mol. The normalized spacial score (nSPS) is 20.2. The lowest BCUT2D eigenvalue weighted by molar-refractivity contribution is -0.134. The van der Waals surface area contributed by atoms with Crippen LogP contribution in [-0.4, -0.2) is 30.0 Å². The molecular formula is C21H23Cl2NO2. The lowest BCUT2D eigenvalue weighted by atomic mass is 9.86. The molecule has 5 heteroatoms. The third kappa shape index (κ3) is 4.59. The van der Waals surface area contributed by atoms with Crippen LogP contribution < -0.4 is 0 Å². The van der Waals surface area contributed by atoms with Crippen molar-refractivity contribution < 1.29 is 9.53 Å². The third-order valence-corrected chi connectivity index (χ3v) is 5.70. The number of carbonyl (C=O) groups is 1. The topological polar surface area (TPSA) is 29.5 Å². The molecule has 0 spiro atoms. The van der Waals surface area contributed by atoms with Gasteiger partial charge >= 0.3 is 0 Å². The van der Waals surface area contributed by atoms with E-state index in [0.29, 0.717) is 23.2 Å². The maximum atomic E-state index is 11.8. The van der Waals surface area contributed by atoms with Gasteiger partial charge in [-0.2, -0.15) is 0 Å². The highest BCUT2D eigenvalue weighted by molar-refractivity contribution is 6.42. The van der Waals surface area contributed by atoms with Gasteiger partial charge in [0.05, 0.1) is 22.8 Å². The minimum Gasteiger partial charge on any atom is -0.371 e. The number of nitrogens with zero attached hydrogens (tertiary/aromatic N) is 1. The Morgan fingerprint density at radius 2 is 1.88 bits per heavy atom. The third-order valence-electron chi connectivity index (χ3n) is 4.96. The lowest BCUT2D eigenvalue weighted by Gasteiger charge is -2.38. The minimum absolute atomic E-state index is 0.0511. The van der Waals surface area contributed by atoms with Crippen molar-refractivity contribution in [3.63, 3.8) is 0 Å². The van der Waals surface area contributed by atoms with E-state index in [-0.39, 0.29) is 17.9 Å². The number of rotatable bonds is 4. The Balaban J connectivity index is 1.76. The van der Waals surface area contributed by atoms with Crippen molar-refractivity contribution in [1.82, 2.24) is 4.90 Å². The van der Waals surface area contributed by atoms with Crippen molar-refractivity contribution in [2.24, 2.45) is 0 Å². The molecule has 0 radical (unpaired) electrons. The number of hydrogen-bond donors (Lipinski definition) is 0. The smallest absolute Gasteiger partial charge is 0.219 e. The van der Waals surface area contributed by atoms with Crippen LogP contribution in [0, 0.1) is 6.92 Å². The molecule has 138 valence electrons. The van der Waals surface area contributed by atoms with Gasteiger partial charge in [0, 0.05) is 25.9 Å². The van der Waals surface area contributed by atoms with E-state index in [0.717, 1.165) is 18.5 Å². The summed E-state index contributed by atoms with van der Waals surface area (Å²) in [6.45, 7) is 5.51. The van der Waals surface area contributed by atoms with Crippen molar-refractivity contribution in [3.05, 3.63) is 69.2 Å². The number of amides is 1. The van der Waals surface area contributed by atoms with Gasteiger partial charge in [0.15, 0.2) is 0 Å². The van der Waals surface area contributed by atoms with E-state index in [1.165, 1.54) is 11.1 Å². The molecule has 1 fully saturated rings. The summed E-state index contributed by atoms with van der Waals surface area (Å²) in [4.78, 5) is 13.7. The standard InChI is InChI=1S/C21H23Cl2NO2/c1-14-3-6-17(7-4-14)18-9-10-24(15(2)25)12-21(18)26-13-16-5-8-19(22)20(23)11-16/h3-8,11,18,21H,9-10,12-13H2,1-2H3. The maximum absolute atomic E-state index is 11.8. The molecule has 3 rings (SSSR count). The molecule has 3 nitrogen and oxygen atoms in total. The Bertz CT molecular complexity index is 776. The molecule has 2 aromatic carbocycles. The van der Waals surface area contributed by atoms with Crippen LogP contribution in [-0.2, 0) is 16.1 Å². The summed E-state index contributed by atoms with van der Waals surface area (Å²) in [5.74, 6) is 0.365. The number of ether oxygens (including phenoxy) is 1. The fourth-order valence-corrected chi connectivity index (χ4v) is 3.72. The lowest BCUT2D eigenvalue weighted by Crippen LogP contribution is -2.46. The minimum atomic E-state index is -0.0511. The van der Waals surface area contributed by atoms with Gasteiger partial charge in [-0.05, 0) is 36.6 Å². The van der Waals surface area contributed by atoms with Crippen molar-refractivity contribution in [2.75, 3.05) is 13.1 Å². The first-order chi connectivity index (χ1) is 12.4. The van der Waals surface area contributed by atoms with Crippen LogP contribution in [0.2, 0.25) is 10.0 Å². The highest BCUT2D eigenvalue weighted by Gasteiger charge is 2.32. The van der Waals surface area contributed by atoms with Gasteiger partial charge in [0.25, 0.3) is 0 Å². The molecule has 2 unspecified atom stereocenters. The van der Waals surface area contributed by atoms with Crippen LogP contribution in [0.3, 0.4) is 0 Å². The molecule has 2 atom stereocenters. The van der Waals surface area contributed by atoms with Gasteiger partial charge in [-0.15, -0.1) is 0 Å². The highest BCUT2D eigenvalue weighted by Crippen LogP contribution is 2.32. The molecule has 1 aliphatic heterocycles. The quantitative estimate of drug-likeness (QED) is 0.714. The summed E-state index contributed by atoms with van der Waals surface area (Å²) in [5, 5.41) is 1.06. The van der Waals surface area contributed by atoms with E-state index in [4.69, 9.17) is 27.9 Å². The number of halogens is 2. The molecule has 0 saturated carbocycles. The molecule has 26 heavy (non-hydrogen) atoms. The summed E-state index contributed by atoms with van der Waals surface area (Å²) >= 11 is 12.1. The van der Waals surface area contributed by atoms with Crippen LogP contribution in [0.1, 0.15) is 36.0 Å².